The maximum Gasteiger partial charge on any atom is 0.368 e. The van der Waals surface area contributed by atoms with Crippen LogP contribution >= 0.6 is 22.6 Å². The predicted molar refractivity (Wildman–Crippen MR) is 111 cm³/mol. The molecule has 1 heterocycles. The minimum Gasteiger partial charge on any atom is -0.490 e. The van der Waals surface area contributed by atoms with Gasteiger partial charge in [0.05, 0.1) is 15.8 Å². The van der Waals surface area contributed by atoms with Crippen molar-refractivity contribution in [2.24, 2.45) is 5.16 Å². The van der Waals surface area contributed by atoms with Crippen molar-refractivity contribution >= 4 is 46.3 Å². The number of oxime groups is 1. The molecule has 0 radical (unpaired) electrons. The van der Waals surface area contributed by atoms with E-state index in [0.29, 0.717) is 38.5 Å². The van der Waals surface area contributed by atoms with Crippen LogP contribution in [0.4, 0.5) is 0 Å². The van der Waals surface area contributed by atoms with Gasteiger partial charge >= 0.3 is 11.9 Å². The lowest BCUT2D eigenvalue weighted by molar-refractivity contribution is -0.139. The summed E-state index contributed by atoms with van der Waals surface area (Å²) in [5.41, 5.74) is 2.21. The van der Waals surface area contributed by atoms with Gasteiger partial charge in [0.2, 0.25) is 0 Å². The smallest absolute Gasteiger partial charge is 0.368 e. The Morgan fingerprint density at radius 2 is 2.00 bits per heavy atom. The van der Waals surface area contributed by atoms with Gasteiger partial charge in [-0.15, -0.1) is 0 Å². The summed E-state index contributed by atoms with van der Waals surface area (Å²) in [6.07, 6.45) is 1.66. The zero-order chi connectivity index (χ0) is 20.1. The van der Waals surface area contributed by atoms with Crippen LogP contribution < -0.4 is 9.47 Å². The molecule has 0 aliphatic carbocycles. The third kappa shape index (κ3) is 4.50. The van der Waals surface area contributed by atoms with E-state index >= 15 is 0 Å². The van der Waals surface area contributed by atoms with Gasteiger partial charge in [-0.2, -0.15) is 0 Å². The largest absolute Gasteiger partial charge is 0.490 e. The molecule has 0 saturated heterocycles. The molecule has 0 saturated carbocycles. The van der Waals surface area contributed by atoms with Gasteiger partial charge < -0.3 is 19.4 Å². The number of benzene rings is 2. The average Bonchev–Trinajstić information content (AvgIpc) is 3.02. The van der Waals surface area contributed by atoms with Crippen LogP contribution in [0.1, 0.15) is 18.1 Å². The number of carbonyl (C=O) groups excluding carboxylic acids is 1. The quantitative estimate of drug-likeness (QED) is 0.361. The molecule has 0 fully saturated rings. The molecule has 144 valence electrons. The molecule has 0 atom stereocenters. The number of carboxylic acids is 1. The number of hydrogen-bond acceptors (Lipinski definition) is 6. The van der Waals surface area contributed by atoms with Gasteiger partial charge in [0.25, 0.3) is 0 Å². The summed E-state index contributed by atoms with van der Waals surface area (Å²) in [6, 6.07) is 12.7. The molecule has 3 rings (SSSR count). The highest BCUT2D eigenvalue weighted by atomic mass is 127. The minimum atomic E-state index is -1.08. The molecule has 1 aliphatic rings. The Bertz CT molecular complexity index is 968. The van der Waals surface area contributed by atoms with Crippen LogP contribution in [0.3, 0.4) is 0 Å². The molecule has 2 aromatic rings. The second-order valence-electron chi connectivity index (χ2n) is 5.69. The van der Waals surface area contributed by atoms with E-state index < -0.39 is 18.5 Å². The number of carboxylic acid groups (broad SMARTS) is 1. The number of rotatable bonds is 7. The normalized spacial score (nSPS) is 14.6. The maximum atomic E-state index is 12.2. The first kappa shape index (κ1) is 19.9. The van der Waals surface area contributed by atoms with Gasteiger partial charge in [0, 0.05) is 5.56 Å². The van der Waals surface area contributed by atoms with E-state index in [1.165, 1.54) is 0 Å². The first-order chi connectivity index (χ1) is 13.5. The van der Waals surface area contributed by atoms with Gasteiger partial charge in [-0.3, -0.25) is 0 Å². The highest BCUT2D eigenvalue weighted by Crippen LogP contribution is 2.35. The number of hydrogen-bond donors (Lipinski definition) is 1. The molecule has 0 amide bonds. The molecule has 0 unspecified atom stereocenters. The lowest BCUT2D eigenvalue weighted by atomic mass is 10.0. The molecule has 2 aromatic carbocycles. The molecule has 8 heteroatoms. The summed E-state index contributed by atoms with van der Waals surface area (Å²) in [6.45, 7) is 1.71. The lowest BCUT2D eigenvalue weighted by Gasteiger charge is -2.13. The van der Waals surface area contributed by atoms with Crippen LogP contribution in [0.25, 0.3) is 6.08 Å². The summed E-state index contributed by atoms with van der Waals surface area (Å²) >= 11 is 2.03. The van der Waals surface area contributed by atoms with Gasteiger partial charge in [-0.1, -0.05) is 35.5 Å². The van der Waals surface area contributed by atoms with E-state index in [2.05, 4.69) is 5.16 Å². The van der Waals surface area contributed by atoms with Crippen molar-refractivity contribution < 1.29 is 29.0 Å². The van der Waals surface area contributed by atoms with Gasteiger partial charge in [-0.05, 0) is 53.3 Å². The van der Waals surface area contributed by atoms with E-state index in [-0.39, 0.29) is 0 Å². The monoisotopic (exact) mass is 493 g/mol. The second kappa shape index (κ2) is 8.87. The van der Waals surface area contributed by atoms with Crippen LogP contribution in [0.2, 0.25) is 0 Å². The lowest BCUT2D eigenvalue weighted by Crippen LogP contribution is -2.11. The number of carbonyl (C=O) groups is 2. The Morgan fingerprint density at radius 3 is 2.68 bits per heavy atom. The summed E-state index contributed by atoms with van der Waals surface area (Å²) < 4.78 is 11.6. The summed E-state index contributed by atoms with van der Waals surface area (Å²) in [4.78, 5) is 27.8. The molecule has 0 aromatic heterocycles. The number of halogens is 1. The minimum absolute atomic E-state index is 0.323. The topological polar surface area (TPSA) is 94.4 Å². The maximum absolute atomic E-state index is 12.2. The molecule has 0 bridgehead atoms. The first-order valence-electron chi connectivity index (χ1n) is 8.37. The summed E-state index contributed by atoms with van der Waals surface area (Å²) in [7, 11) is 0. The highest BCUT2D eigenvalue weighted by molar-refractivity contribution is 14.1. The fraction of sp³-hybridized carbons (Fsp3) is 0.150. The fourth-order valence-electron chi connectivity index (χ4n) is 2.59. The van der Waals surface area contributed by atoms with Crippen molar-refractivity contribution in [3.63, 3.8) is 0 Å². The SMILES string of the molecule is CCOc1cc(/C=C2\C(=O)ON=C2c2ccccc2)cc(I)c1OCC(=O)O. The standard InChI is InChI=1S/C20H16INO6/c1-2-26-16-10-12(9-15(21)19(16)27-11-17(23)24)8-14-18(22-28-20(14)25)13-6-4-3-5-7-13/h3-10H,2,11H2,1H3,(H,23,24)/b14-8-. The molecule has 1 N–H and O–H groups in total. The Hall–Kier alpha value is -2.88. The summed E-state index contributed by atoms with van der Waals surface area (Å²) in [5.74, 6) is -0.884. The third-order valence-electron chi connectivity index (χ3n) is 3.72. The van der Waals surface area contributed by atoms with E-state index in [4.69, 9.17) is 19.4 Å². The van der Waals surface area contributed by atoms with Crippen molar-refractivity contribution in [3.05, 3.63) is 62.7 Å². The predicted octanol–water partition coefficient (Wildman–Crippen LogP) is 3.50. The van der Waals surface area contributed by atoms with Crippen molar-refractivity contribution in [3.8, 4) is 11.5 Å². The van der Waals surface area contributed by atoms with Crippen LogP contribution in [0.5, 0.6) is 11.5 Å². The Morgan fingerprint density at radius 1 is 1.25 bits per heavy atom. The number of ether oxygens (including phenoxy) is 2. The average molecular weight is 493 g/mol. The van der Waals surface area contributed by atoms with Crippen molar-refractivity contribution in [1.29, 1.82) is 0 Å². The van der Waals surface area contributed by atoms with Crippen LogP contribution in [-0.4, -0.2) is 36.0 Å². The van der Waals surface area contributed by atoms with Crippen LogP contribution in [-0.2, 0) is 14.4 Å². The van der Waals surface area contributed by atoms with Gasteiger partial charge in [-0.25, -0.2) is 9.59 Å². The van der Waals surface area contributed by atoms with Gasteiger partial charge in [0.1, 0.15) is 5.71 Å². The third-order valence-corrected chi connectivity index (χ3v) is 4.53. The molecule has 0 spiro atoms. The molecule has 28 heavy (non-hydrogen) atoms. The summed E-state index contributed by atoms with van der Waals surface area (Å²) in [5, 5.41) is 12.7. The molecule has 7 nitrogen and oxygen atoms in total. The van der Waals surface area contributed by atoms with E-state index in [9.17, 15) is 9.59 Å². The first-order valence-corrected chi connectivity index (χ1v) is 9.45. The Balaban J connectivity index is 1.99. The van der Waals surface area contributed by atoms with Crippen LogP contribution in [0, 0.1) is 3.57 Å². The van der Waals surface area contributed by atoms with Crippen LogP contribution in [0.15, 0.2) is 53.2 Å². The van der Waals surface area contributed by atoms with E-state index in [0.717, 1.165) is 5.56 Å². The van der Waals surface area contributed by atoms with E-state index in [1.807, 2.05) is 59.8 Å². The van der Waals surface area contributed by atoms with Crippen molar-refractivity contribution in [2.75, 3.05) is 13.2 Å². The molecular weight excluding hydrogens is 477 g/mol. The molecular formula is C20H16INO6. The van der Waals surface area contributed by atoms with Crippen molar-refractivity contribution in [1.82, 2.24) is 0 Å². The van der Waals surface area contributed by atoms with Gasteiger partial charge in [0.15, 0.2) is 18.1 Å². The Labute approximate surface area is 174 Å². The zero-order valence-electron chi connectivity index (χ0n) is 14.8. The van der Waals surface area contributed by atoms with E-state index in [1.54, 1.807) is 18.2 Å². The number of aliphatic carboxylic acids is 1. The Kier molecular flexibility index (Phi) is 6.30. The number of nitrogens with zero attached hydrogens (tertiary/aromatic N) is 1. The van der Waals surface area contributed by atoms with Crippen molar-refractivity contribution in [2.45, 2.75) is 6.92 Å². The zero-order valence-corrected chi connectivity index (χ0v) is 17.0. The molecule has 1 aliphatic heterocycles. The second-order valence-corrected chi connectivity index (χ2v) is 6.85. The fourth-order valence-corrected chi connectivity index (χ4v) is 3.37. The highest BCUT2D eigenvalue weighted by Gasteiger charge is 2.27.